The summed E-state index contributed by atoms with van der Waals surface area (Å²) in [6.45, 7) is 4.82. The Labute approximate surface area is 131 Å². The number of hydrogen-bond donors (Lipinski definition) is 2. The van der Waals surface area contributed by atoms with Gasteiger partial charge < -0.3 is 20.1 Å². The van der Waals surface area contributed by atoms with E-state index in [1.54, 1.807) is 12.1 Å². The molecule has 0 bridgehead atoms. The average Bonchev–Trinajstić information content (AvgIpc) is 2.48. The zero-order valence-electron chi connectivity index (χ0n) is 13.0. The number of rotatable bonds is 8. The minimum Gasteiger partial charge on any atom is -0.495 e. The molecule has 118 valence electrons. The smallest absolute Gasteiger partial charge is 0.225 e. The fourth-order valence-corrected chi connectivity index (χ4v) is 1.98. The maximum Gasteiger partial charge on any atom is 0.225 e. The Morgan fingerprint density at radius 3 is 2.52 bits per heavy atom. The molecule has 0 spiro atoms. The molecule has 1 atom stereocenters. The number of anilines is 1. The van der Waals surface area contributed by atoms with Gasteiger partial charge in [0.15, 0.2) is 0 Å². The van der Waals surface area contributed by atoms with Crippen LogP contribution in [0.5, 0.6) is 11.5 Å². The number of carbonyl (C=O) groups is 1. The van der Waals surface area contributed by atoms with E-state index in [1.807, 2.05) is 0 Å². The van der Waals surface area contributed by atoms with Crippen molar-refractivity contribution in [3.63, 3.8) is 0 Å². The van der Waals surface area contributed by atoms with Crippen molar-refractivity contribution in [2.45, 2.75) is 32.7 Å². The highest BCUT2D eigenvalue weighted by molar-refractivity contribution is 6.32. The van der Waals surface area contributed by atoms with Gasteiger partial charge in [-0.15, -0.1) is 0 Å². The lowest BCUT2D eigenvalue weighted by Crippen LogP contribution is -2.29. The molecule has 2 N–H and O–H groups in total. The second-order valence-electron chi connectivity index (χ2n) is 4.75. The molecule has 0 saturated carbocycles. The van der Waals surface area contributed by atoms with Gasteiger partial charge in [-0.3, -0.25) is 4.79 Å². The zero-order chi connectivity index (χ0) is 15.8. The van der Waals surface area contributed by atoms with Crippen LogP contribution in [0.3, 0.4) is 0 Å². The van der Waals surface area contributed by atoms with E-state index in [1.165, 1.54) is 14.2 Å². The summed E-state index contributed by atoms with van der Waals surface area (Å²) in [6, 6.07) is 3.68. The highest BCUT2D eigenvalue weighted by Crippen LogP contribution is 2.35. The fourth-order valence-electron chi connectivity index (χ4n) is 1.75. The molecule has 0 aromatic heterocycles. The number of benzene rings is 1. The molecule has 0 aliphatic heterocycles. The lowest BCUT2D eigenvalue weighted by molar-refractivity contribution is -0.116. The van der Waals surface area contributed by atoms with Gasteiger partial charge in [0.05, 0.1) is 24.9 Å². The molecule has 0 aliphatic carbocycles. The third kappa shape index (κ3) is 5.44. The molecule has 5 nitrogen and oxygen atoms in total. The Balaban J connectivity index is 2.66. The van der Waals surface area contributed by atoms with Gasteiger partial charge in [0.25, 0.3) is 0 Å². The minimum atomic E-state index is -0.0894. The molecule has 6 heteroatoms. The molecule has 1 aromatic carbocycles. The van der Waals surface area contributed by atoms with Crippen LogP contribution in [0.15, 0.2) is 12.1 Å². The van der Waals surface area contributed by atoms with Gasteiger partial charge in [0.2, 0.25) is 5.91 Å². The molecule has 0 radical (unpaired) electrons. The summed E-state index contributed by atoms with van der Waals surface area (Å²) in [7, 11) is 3.05. The SMILES string of the molecule is CCC(C)NCCC(=O)Nc1cc(OC)c(Cl)cc1OC. The monoisotopic (exact) mass is 314 g/mol. The van der Waals surface area contributed by atoms with Gasteiger partial charge >= 0.3 is 0 Å². The minimum absolute atomic E-state index is 0.0894. The molecular weight excluding hydrogens is 292 g/mol. The van der Waals surface area contributed by atoms with Crippen LogP contribution in [0.1, 0.15) is 26.7 Å². The molecule has 21 heavy (non-hydrogen) atoms. The number of amides is 1. The lowest BCUT2D eigenvalue weighted by atomic mass is 10.2. The Morgan fingerprint density at radius 2 is 1.95 bits per heavy atom. The predicted molar refractivity (Wildman–Crippen MR) is 85.6 cm³/mol. The van der Waals surface area contributed by atoms with Crippen LogP contribution in [0, 0.1) is 0 Å². The van der Waals surface area contributed by atoms with E-state index in [-0.39, 0.29) is 5.91 Å². The average molecular weight is 315 g/mol. The van der Waals surface area contributed by atoms with Crippen molar-refractivity contribution in [2.24, 2.45) is 0 Å². The number of methoxy groups -OCH3 is 2. The van der Waals surface area contributed by atoms with Crippen LogP contribution in [0.4, 0.5) is 5.69 Å². The van der Waals surface area contributed by atoms with Gasteiger partial charge in [-0.05, 0) is 13.3 Å². The van der Waals surface area contributed by atoms with Crippen LogP contribution < -0.4 is 20.1 Å². The molecule has 0 fully saturated rings. The van der Waals surface area contributed by atoms with Crippen molar-refractivity contribution in [3.8, 4) is 11.5 Å². The topological polar surface area (TPSA) is 59.6 Å². The summed E-state index contributed by atoms with van der Waals surface area (Å²) in [4.78, 5) is 12.0. The highest BCUT2D eigenvalue weighted by atomic mass is 35.5. The Bertz CT molecular complexity index is 480. The Morgan fingerprint density at radius 1 is 1.29 bits per heavy atom. The molecule has 1 amide bonds. The van der Waals surface area contributed by atoms with Crippen LogP contribution in [0.2, 0.25) is 5.02 Å². The summed E-state index contributed by atoms with van der Waals surface area (Å²) in [5, 5.41) is 6.52. The van der Waals surface area contributed by atoms with E-state index >= 15 is 0 Å². The van der Waals surface area contributed by atoms with Crippen molar-refractivity contribution in [1.29, 1.82) is 0 Å². The summed E-state index contributed by atoms with van der Waals surface area (Å²) >= 11 is 6.02. The van der Waals surface area contributed by atoms with E-state index in [9.17, 15) is 4.79 Å². The van der Waals surface area contributed by atoms with E-state index in [0.717, 1.165) is 6.42 Å². The van der Waals surface area contributed by atoms with Crippen molar-refractivity contribution in [1.82, 2.24) is 5.32 Å². The Kier molecular flexibility index (Phi) is 7.32. The summed E-state index contributed by atoms with van der Waals surface area (Å²) < 4.78 is 10.4. The van der Waals surface area contributed by atoms with Crippen molar-refractivity contribution >= 4 is 23.2 Å². The Hall–Kier alpha value is -1.46. The van der Waals surface area contributed by atoms with E-state index < -0.39 is 0 Å². The van der Waals surface area contributed by atoms with E-state index in [4.69, 9.17) is 21.1 Å². The zero-order valence-corrected chi connectivity index (χ0v) is 13.7. The molecule has 1 unspecified atom stereocenters. The standard InChI is InChI=1S/C15H23ClN2O3/c1-5-10(2)17-7-6-15(19)18-12-9-13(20-3)11(16)8-14(12)21-4/h8-10,17H,5-7H2,1-4H3,(H,18,19). The van der Waals surface area contributed by atoms with Crippen LogP contribution in [-0.4, -0.2) is 32.7 Å². The van der Waals surface area contributed by atoms with Crippen molar-refractivity contribution < 1.29 is 14.3 Å². The molecule has 0 aliphatic rings. The summed E-state index contributed by atoms with van der Waals surface area (Å²) in [5.74, 6) is 0.906. The molecule has 0 saturated heterocycles. The number of halogens is 1. The third-order valence-corrected chi connectivity index (χ3v) is 3.50. The number of ether oxygens (including phenoxy) is 2. The molecular formula is C15H23ClN2O3. The van der Waals surface area contributed by atoms with Crippen molar-refractivity contribution in [2.75, 3.05) is 26.1 Å². The second-order valence-corrected chi connectivity index (χ2v) is 5.16. The first-order chi connectivity index (χ1) is 10.0. The molecule has 1 rings (SSSR count). The number of hydrogen-bond acceptors (Lipinski definition) is 4. The normalized spacial score (nSPS) is 11.9. The van der Waals surface area contributed by atoms with Gasteiger partial charge in [-0.1, -0.05) is 18.5 Å². The van der Waals surface area contributed by atoms with E-state index in [2.05, 4.69) is 24.5 Å². The molecule has 1 aromatic rings. The maximum atomic E-state index is 12.0. The van der Waals surface area contributed by atoms with Crippen LogP contribution in [0.25, 0.3) is 0 Å². The summed E-state index contributed by atoms with van der Waals surface area (Å²) in [5.41, 5.74) is 0.548. The van der Waals surface area contributed by atoms with Gasteiger partial charge in [-0.25, -0.2) is 0 Å². The van der Waals surface area contributed by atoms with Gasteiger partial charge in [0.1, 0.15) is 11.5 Å². The lowest BCUT2D eigenvalue weighted by Gasteiger charge is -2.14. The number of carbonyl (C=O) groups excluding carboxylic acids is 1. The fraction of sp³-hybridized carbons (Fsp3) is 0.533. The maximum absolute atomic E-state index is 12.0. The first-order valence-corrected chi connectivity index (χ1v) is 7.34. The van der Waals surface area contributed by atoms with Gasteiger partial charge in [-0.2, -0.15) is 0 Å². The highest BCUT2D eigenvalue weighted by Gasteiger charge is 2.12. The van der Waals surface area contributed by atoms with Crippen LogP contribution >= 0.6 is 11.6 Å². The quantitative estimate of drug-likeness (QED) is 0.774. The predicted octanol–water partition coefficient (Wildman–Crippen LogP) is 3.07. The second kappa shape index (κ2) is 8.74. The third-order valence-electron chi connectivity index (χ3n) is 3.21. The first-order valence-electron chi connectivity index (χ1n) is 6.96. The van der Waals surface area contributed by atoms with E-state index in [0.29, 0.717) is 41.2 Å². The van der Waals surface area contributed by atoms with Crippen molar-refractivity contribution in [3.05, 3.63) is 17.2 Å². The molecule has 0 heterocycles. The summed E-state index contributed by atoms with van der Waals surface area (Å²) in [6.07, 6.45) is 1.42. The number of nitrogens with one attached hydrogen (secondary N) is 2. The first kappa shape index (κ1) is 17.6. The van der Waals surface area contributed by atoms with Gasteiger partial charge in [0, 0.05) is 31.1 Å². The largest absolute Gasteiger partial charge is 0.495 e. The van der Waals surface area contributed by atoms with Crippen LogP contribution in [-0.2, 0) is 4.79 Å².